The van der Waals surface area contributed by atoms with E-state index in [2.05, 4.69) is 20.2 Å². The van der Waals surface area contributed by atoms with E-state index in [1.807, 2.05) is 18.2 Å². The van der Waals surface area contributed by atoms with Gasteiger partial charge >= 0.3 is 11.9 Å². The number of hydrogen-bond donors (Lipinski definition) is 0. The molecule has 0 spiro atoms. The molecule has 5 rings (SSSR count). The van der Waals surface area contributed by atoms with Crippen molar-refractivity contribution in [3.63, 3.8) is 0 Å². The summed E-state index contributed by atoms with van der Waals surface area (Å²) >= 11 is 6.05. The maximum Gasteiger partial charge on any atom is 0.433 e. The lowest BCUT2D eigenvalue weighted by Crippen LogP contribution is -2.23. The quantitative estimate of drug-likeness (QED) is 0.419. The molecule has 0 bridgehead atoms. The molecular weight excluding hydrogens is 469 g/mol. The van der Waals surface area contributed by atoms with Crippen LogP contribution in [-0.4, -0.2) is 30.6 Å². The van der Waals surface area contributed by atoms with Crippen molar-refractivity contribution in [1.29, 1.82) is 0 Å². The third-order valence-corrected chi connectivity index (χ3v) is 5.75. The standard InChI is InChI=1S/C23H16ClF3N6O/c24-17-4-2-15(3-5-17)18-12-30-33-21(20(18)16-7-9-28-10-8-16)31-32(22(33)34)13-14-1-6-19(29-11-14)23(25,26)27/h1-7,9-12,16H,8,13H2. The fraction of sp³-hybridized carbons (Fsp3) is 0.174. The van der Waals surface area contributed by atoms with Gasteiger partial charge in [0.1, 0.15) is 5.69 Å². The van der Waals surface area contributed by atoms with Gasteiger partial charge in [0.25, 0.3) is 0 Å². The Bertz CT molecular complexity index is 1470. The lowest BCUT2D eigenvalue weighted by atomic mass is 9.90. The molecule has 1 atom stereocenters. The molecule has 0 N–H and O–H groups in total. The summed E-state index contributed by atoms with van der Waals surface area (Å²) < 4.78 is 40.8. The molecular formula is C23H16ClF3N6O. The summed E-state index contributed by atoms with van der Waals surface area (Å²) in [7, 11) is 0. The first-order valence-corrected chi connectivity index (χ1v) is 10.6. The fourth-order valence-electron chi connectivity index (χ4n) is 3.85. The van der Waals surface area contributed by atoms with Crippen LogP contribution in [0.2, 0.25) is 5.02 Å². The number of hydrogen-bond acceptors (Lipinski definition) is 5. The maximum absolute atomic E-state index is 13.0. The summed E-state index contributed by atoms with van der Waals surface area (Å²) in [5.41, 5.74) is 1.71. The second kappa shape index (κ2) is 8.53. The van der Waals surface area contributed by atoms with Crippen molar-refractivity contribution in [2.75, 3.05) is 0 Å². The molecule has 1 aliphatic heterocycles. The van der Waals surface area contributed by atoms with Gasteiger partial charge in [-0.1, -0.05) is 35.9 Å². The van der Waals surface area contributed by atoms with Crippen molar-refractivity contribution in [1.82, 2.24) is 24.4 Å². The zero-order valence-electron chi connectivity index (χ0n) is 17.4. The van der Waals surface area contributed by atoms with Gasteiger partial charge in [0.15, 0.2) is 5.65 Å². The fourth-order valence-corrected chi connectivity index (χ4v) is 3.97. The van der Waals surface area contributed by atoms with E-state index in [9.17, 15) is 18.0 Å². The largest absolute Gasteiger partial charge is 0.433 e. The van der Waals surface area contributed by atoms with Gasteiger partial charge < -0.3 is 0 Å². The van der Waals surface area contributed by atoms with Gasteiger partial charge in [0.2, 0.25) is 0 Å². The molecule has 4 heterocycles. The number of pyridine rings is 1. The van der Waals surface area contributed by atoms with E-state index in [-0.39, 0.29) is 12.5 Å². The van der Waals surface area contributed by atoms with Crippen molar-refractivity contribution in [3.05, 3.63) is 93.4 Å². The molecule has 1 unspecified atom stereocenters. The first kappa shape index (κ1) is 22.0. The van der Waals surface area contributed by atoms with Crippen LogP contribution in [-0.2, 0) is 12.7 Å². The molecule has 0 saturated heterocycles. The Balaban J connectivity index is 1.61. The zero-order chi connectivity index (χ0) is 23.9. The molecule has 11 heteroatoms. The highest BCUT2D eigenvalue weighted by atomic mass is 35.5. The minimum absolute atomic E-state index is 0.0506. The molecule has 1 aromatic carbocycles. The summed E-state index contributed by atoms with van der Waals surface area (Å²) in [6, 6.07) is 9.42. The smallest absolute Gasteiger partial charge is 0.269 e. The summed E-state index contributed by atoms with van der Waals surface area (Å²) in [4.78, 5) is 20.6. The molecule has 1 aliphatic rings. The third-order valence-electron chi connectivity index (χ3n) is 5.49. The molecule has 0 amide bonds. The predicted molar refractivity (Wildman–Crippen MR) is 121 cm³/mol. The highest BCUT2D eigenvalue weighted by Gasteiger charge is 2.32. The van der Waals surface area contributed by atoms with Gasteiger partial charge in [0.05, 0.1) is 12.7 Å². The normalized spacial score (nSPS) is 15.8. The van der Waals surface area contributed by atoms with Crippen LogP contribution in [0.1, 0.15) is 29.2 Å². The predicted octanol–water partition coefficient (Wildman–Crippen LogP) is 4.75. The van der Waals surface area contributed by atoms with Gasteiger partial charge in [-0.3, -0.25) is 9.98 Å². The molecule has 7 nitrogen and oxygen atoms in total. The Morgan fingerprint density at radius 2 is 1.88 bits per heavy atom. The monoisotopic (exact) mass is 484 g/mol. The molecule has 172 valence electrons. The van der Waals surface area contributed by atoms with Crippen LogP contribution >= 0.6 is 11.6 Å². The van der Waals surface area contributed by atoms with Crippen molar-refractivity contribution >= 4 is 23.5 Å². The Labute approximate surface area is 195 Å². The molecule has 0 saturated carbocycles. The number of alkyl halides is 3. The molecule has 0 fully saturated rings. The summed E-state index contributed by atoms with van der Waals surface area (Å²) in [5, 5.41) is 9.41. The zero-order valence-corrected chi connectivity index (χ0v) is 18.2. The number of allylic oxidation sites excluding steroid dienone is 1. The van der Waals surface area contributed by atoms with Crippen molar-refractivity contribution < 1.29 is 13.2 Å². The van der Waals surface area contributed by atoms with Crippen LogP contribution in [0.3, 0.4) is 0 Å². The third kappa shape index (κ3) is 4.12. The number of nitrogens with zero attached hydrogens (tertiary/aromatic N) is 6. The summed E-state index contributed by atoms with van der Waals surface area (Å²) in [5.74, 6) is -0.100. The Morgan fingerprint density at radius 1 is 1.09 bits per heavy atom. The van der Waals surface area contributed by atoms with Crippen LogP contribution in [0, 0.1) is 0 Å². The van der Waals surface area contributed by atoms with Crippen molar-refractivity contribution in [2.24, 2.45) is 4.99 Å². The molecule has 3 aromatic heterocycles. The Hall–Kier alpha value is -3.79. The van der Waals surface area contributed by atoms with Crippen LogP contribution < -0.4 is 5.69 Å². The topological polar surface area (TPSA) is 77.4 Å². The minimum Gasteiger partial charge on any atom is -0.269 e. The van der Waals surface area contributed by atoms with E-state index in [1.54, 1.807) is 30.7 Å². The SMILES string of the molecule is O=c1n(Cc2ccc(C(F)(F)F)nc2)nc2c(C3C=CN=CC3)c(-c3ccc(Cl)cc3)cnn12. The Morgan fingerprint density at radius 3 is 2.53 bits per heavy atom. The number of halogens is 4. The molecule has 34 heavy (non-hydrogen) atoms. The number of aromatic nitrogens is 5. The van der Waals surface area contributed by atoms with Gasteiger partial charge in [-0.25, -0.2) is 9.48 Å². The van der Waals surface area contributed by atoms with Gasteiger partial charge in [-0.05, 0) is 35.7 Å². The summed E-state index contributed by atoms with van der Waals surface area (Å²) in [6.07, 6.45) is 4.19. The van der Waals surface area contributed by atoms with Gasteiger partial charge in [-0.2, -0.15) is 22.8 Å². The van der Waals surface area contributed by atoms with Gasteiger partial charge in [-0.15, -0.1) is 5.10 Å². The second-order valence-corrected chi connectivity index (χ2v) is 8.16. The van der Waals surface area contributed by atoms with E-state index < -0.39 is 17.6 Å². The second-order valence-electron chi connectivity index (χ2n) is 7.72. The van der Waals surface area contributed by atoms with E-state index >= 15 is 0 Å². The lowest BCUT2D eigenvalue weighted by molar-refractivity contribution is -0.141. The highest BCUT2D eigenvalue weighted by Crippen LogP contribution is 2.35. The maximum atomic E-state index is 13.0. The van der Waals surface area contributed by atoms with Crippen LogP contribution in [0.4, 0.5) is 13.2 Å². The van der Waals surface area contributed by atoms with Crippen LogP contribution in [0.15, 0.2) is 70.9 Å². The summed E-state index contributed by atoms with van der Waals surface area (Å²) in [6.45, 7) is -0.0506. The number of aliphatic imine (C=N–C) groups is 1. The average molecular weight is 485 g/mol. The highest BCUT2D eigenvalue weighted by molar-refractivity contribution is 6.30. The van der Waals surface area contributed by atoms with Crippen LogP contribution in [0.25, 0.3) is 16.8 Å². The first-order valence-electron chi connectivity index (χ1n) is 10.3. The average Bonchev–Trinajstić information content (AvgIpc) is 3.14. The van der Waals surface area contributed by atoms with E-state index in [1.165, 1.54) is 15.3 Å². The lowest BCUT2D eigenvalue weighted by Gasteiger charge is -2.17. The number of benzene rings is 1. The van der Waals surface area contributed by atoms with Crippen molar-refractivity contribution in [2.45, 2.75) is 25.1 Å². The number of rotatable bonds is 4. The van der Waals surface area contributed by atoms with E-state index in [0.29, 0.717) is 22.7 Å². The van der Waals surface area contributed by atoms with Gasteiger partial charge in [0, 0.05) is 40.7 Å². The minimum atomic E-state index is -4.54. The molecule has 0 radical (unpaired) electrons. The molecule has 0 aliphatic carbocycles. The number of fused-ring (bicyclic) bond motifs is 1. The van der Waals surface area contributed by atoms with E-state index in [0.717, 1.165) is 29.0 Å². The van der Waals surface area contributed by atoms with Crippen LogP contribution in [0.5, 0.6) is 0 Å². The first-order chi connectivity index (χ1) is 16.3. The van der Waals surface area contributed by atoms with E-state index in [4.69, 9.17) is 11.6 Å². The Kier molecular flexibility index (Phi) is 5.52. The van der Waals surface area contributed by atoms with Crippen molar-refractivity contribution in [3.8, 4) is 11.1 Å². The molecule has 4 aromatic rings.